The van der Waals surface area contributed by atoms with E-state index >= 15 is 0 Å². The van der Waals surface area contributed by atoms with Gasteiger partial charge in [-0.2, -0.15) is 0 Å². The number of thiocarbonyl (C=S) groups is 1. The number of aryl methyl sites for hydroxylation is 1. The van der Waals surface area contributed by atoms with E-state index in [1.54, 1.807) is 0 Å². The second-order valence-electron chi connectivity index (χ2n) is 5.77. The fourth-order valence-corrected chi connectivity index (χ4v) is 2.80. The predicted molar refractivity (Wildman–Crippen MR) is 101 cm³/mol. The molecule has 0 fully saturated rings. The van der Waals surface area contributed by atoms with E-state index in [9.17, 15) is 0 Å². The number of ether oxygens (including phenoxy) is 2. The van der Waals surface area contributed by atoms with Gasteiger partial charge >= 0.3 is 0 Å². The Morgan fingerprint density at radius 3 is 2.79 bits per heavy atom. The molecule has 126 valence electrons. The summed E-state index contributed by atoms with van der Waals surface area (Å²) in [5, 5.41) is 4.52. The molecule has 3 rings (SSSR count). The van der Waals surface area contributed by atoms with Crippen LogP contribution in [0.15, 0.2) is 42.5 Å². The summed E-state index contributed by atoms with van der Waals surface area (Å²) in [7, 11) is 1.93. The minimum atomic E-state index is -0.0775. The van der Waals surface area contributed by atoms with E-state index in [0.717, 1.165) is 22.7 Å². The highest BCUT2D eigenvalue weighted by atomic mass is 35.5. The van der Waals surface area contributed by atoms with Gasteiger partial charge in [0.05, 0.1) is 6.54 Å². The molecule has 0 saturated carbocycles. The fourth-order valence-electron chi connectivity index (χ4n) is 2.43. The van der Waals surface area contributed by atoms with Crippen LogP contribution in [-0.2, 0) is 0 Å². The van der Waals surface area contributed by atoms with Crippen LogP contribution in [-0.4, -0.2) is 36.3 Å². The maximum Gasteiger partial charge on any atom is 0.173 e. The Balaban J connectivity index is 1.57. The number of nitrogens with zero attached hydrogens (tertiary/aromatic N) is 1. The van der Waals surface area contributed by atoms with Crippen LogP contribution in [0.2, 0.25) is 5.02 Å². The van der Waals surface area contributed by atoms with Crippen molar-refractivity contribution in [2.45, 2.75) is 13.0 Å². The molecule has 0 amide bonds. The van der Waals surface area contributed by atoms with Gasteiger partial charge in [-0.15, -0.1) is 0 Å². The Labute approximate surface area is 152 Å². The van der Waals surface area contributed by atoms with Gasteiger partial charge in [0.1, 0.15) is 6.61 Å². The van der Waals surface area contributed by atoms with Crippen LogP contribution in [0.1, 0.15) is 5.56 Å². The van der Waals surface area contributed by atoms with Crippen LogP contribution in [0.25, 0.3) is 0 Å². The van der Waals surface area contributed by atoms with E-state index in [-0.39, 0.29) is 6.10 Å². The maximum absolute atomic E-state index is 6.15. The highest BCUT2D eigenvalue weighted by molar-refractivity contribution is 7.80. The zero-order valence-corrected chi connectivity index (χ0v) is 15.2. The number of anilines is 1. The summed E-state index contributed by atoms with van der Waals surface area (Å²) in [6, 6.07) is 13.5. The second-order valence-corrected chi connectivity index (χ2v) is 6.57. The Kier molecular flexibility index (Phi) is 5.11. The molecule has 0 aliphatic carbocycles. The highest BCUT2D eigenvalue weighted by Crippen LogP contribution is 2.31. The van der Waals surface area contributed by atoms with Crippen molar-refractivity contribution in [3.05, 3.63) is 53.1 Å². The molecule has 1 aliphatic rings. The van der Waals surface area contributed by atoms with Crippen LogP contribution in [0.5, 0.6) is 11.5 Å². The quantitative estimate of drug-likeness (QED) is 0.831. The number of halogens is 1. The molecule has 4 nitrogen and oxygen atoms in total. The van der Waals surface area contributed by atoms with Crippen LogP contribution in [0.4, 0.5) is 5.69 Å². The number of benzene rings is 2. The van der Waals surface area contributed by atoms with Gasteiger partial charge in [-0.1, -0.05) is 29.8 Å². The predicted octanol–water partition coefficient (Wildman–Crippen LogP) is 4.12. The Bertz CT molecular complexity index is 754. The molecular formula is C18H19ClN2O2S. The number of hydrogen-bond donors (Lipinski definition) is 1. The zero-order chi connectivity index (χ0) is 17.1. The molecule has 1 atom stereocenters. The summed E-state index contributed by atoms with van der Waals surface area (Å²) in [5.74, 6) is 1.55. The number of para-hydroxylation sites is 2. The molecule has 1 heterocycles. The Morgan fingerprint density at radius 1 is 1.29 bits per heavy atom. The van der Waals surface area contributed by atoms with Crippen molar-refractivity contribution < 1.29 is 9.47 Å². The lowest BCUT2D eigenvalue weighted by molar-refractivity contribution is 0.0784. The van der Waals surface area contributed by atoms with Crippen molar-refractivity contribution in [2.24, 2.45) is 0 Å². The van der Waals surface area contributed by atoms with Crippen molar-refractivity contribution in [1.29, 1.82) is 0 Å². The summed E-state index contributed by atoms with van der Waals surface area (Å²) in [5.41, 5.74) is 1.90. The monoisotopic (exact) mass is 362 g/mol. The zero-order valence-electron chi connectivity index (χ0n) is 13.6. The van der Waals surface area contributed by atoms with Crippen molar-refractivity contribution in [2.75, 3.05) is 25.5 Å². The average molecular weight is 363 g/mol. The number of fused-ring (bicyclic) bond motifs is 1. The van der Waals surface area contributed by atoms with E-state index in [1.807, 2.05) is 61.3 Å². The number of nitrogens with one attached hydrogen (secondary N) is 1. The lowest BCUT2D eigenvalue weighted by Gasteiger charge is -2.30. The minimum Gasteiger partial charge on any atom is -0.486 e. The first kappa shape index (κ1) is 16.9. The summed E-state index contributed by atoms with van der Waals surface area (Å²) < 4.78 is 11.7. The van der Waals surface area contributed by atoms with E-state index < -0.39 is 0 Å². The van der Waals surface area contributed by atoms with Gasteiger partial charge in [-0.05, 0) is 49.0 Å². The third-order valence-corrected chi connectivity index (χ3v) is 4.64. The molecule has 0 saturated heterocycles. The van der Waals surface area contributed by atoms with Gasteiger partial charge in [0, 0.05) is 17.8 Å². The van der Waals surface area contributed by atoms with E-state index in [2.05, 4.69) is 5.32 Å². The first-order valence-electron chi connectivity index (χ1n) is 7.69. The van der Waals surface area contributed by atoms with Gasteiger partial charge in [-0.3, -0.25) is 0 Å². The molecule has 0 aromatic heterocycles. The first-order valence-corrected chi connectivity index (χ1v) is 8.48. The molecule has 6 heteroatoms. The fraction of sp³-hybridized carbons (Fsp3) is 0.278. The van der Waals surface area contributed by atoms with Gasteiger partial charge in [0.15, 0.2) is 22.7 Å². The third kappa shape index (κ3) is 3.91. The molecule has 0 bridgehead atoms. The topological polar surface area (TPSA) is 33.7 Å². The summed E-state index contributed by atoms with van der Waals surface area (Å²) >= 11 is 11.6. The second kappa shape index (κ2) is 7.28. The van der Waals surface area contributed by atoms with Crippen molar-refractivity contribution in [3.8, 4) is 11.5 Å². The van der Waals surface area contributed by atoms with Crippen LogP contribution >= 0.6 is 23.8 Å². The largest absolute Gasteiger partial charge is 0.486 e. The lowest BCUT2D eigenvalue weighted by atomic mass is 10.2. The smallest absolute Gasteiger partial charge is 0.173 e. The number of likely N-dealkylation sites (N-methyl/N-ethyl adjacent to an activating group) is 1. The molecule has 0 spiro atoms. The molecule has 0 unspecified atom stereocenters. The van der Waals surface area contributed by atoms with Gasteiger partial charge in [-0.25, -0.2) is 0 Å². The number of rotatable bonds is 3. The van der Waals surface area contributed by atoms with Crippen molar-refractivity contribution in [1.82, 2.24) is 4.90 Å². The normalized spacial score (nSPS) is 15.7. The van der Waals surface area contributed by atoms with Gasteiger partial charge in [0.25, 0.3) is 0 Å². The number of hydrogen-bond acceptors (Lipinski definition) is 3. The van der Waals surface area contributed by atoms with Crippen LogP contribution in [0, 0.1) is 6.92 Å². The molecule has 0 radical (unpaired) electrons. The van der Waals surface area contributed by atoms with Crippen molar-refractivity contribution >= 4 is 34.6 Å². The Morgan fingerprint density at radius 2 is 2.04 bits per heavy atom. The lowest BCUT2D eigenvalue weighted by Crippen LogP contribution is -2.43. The molecule has 24 heavy (non-hydrogen) atoms. The van der Waals surface area contributed by atoms with Crippen LogP contribution in [0.3, 0.4) is 0 Å². The molecule has 1 aliphatic heterocycles. The molecule has 2 aromatic carbocycles. The van der Waals surface area contributed by atoms with E-state index in [1.165, 1.54) is 0 Å². The standard InChI is InChI=1S/C18H19ClN2O2S/c1-12-7-8-13(9-15(12)19)20-18(24)21(2)10-14-11-22-16-5-3-4-6-17(16)23-14/h3-9,14H,10-11H2,1-2H3,(H,20,24)/t14-/m1/s1. The molecule has 2 aromatic rings. The average Bonchev–Trinajstić information content (AvgIpc) is 2.58. The highest BCUT2D eigenvalue weighted by Gasteiger charge is 2.22. The molecular weight excluding hydrogens is 344 g/mol. The maximum atomic E-state index is 6.15. The third-order valence-electron chi connectivity index (χ3n) is 3.81. The first-order chi connectivity index (χ1) is 11.5. The minimum absolute atomic E-state index is 0.0775. The SMILES string of the molecule is Cc1ccc(NC(=S)N(C)C[C@@H]2COc3ccccc3O2)cc1Cl. The van der Waals surface area contributed by atoms with Gasteiger partial charge < -0.3 is 19.7 Å². The van der Waals surface area contributed by atoms with Crippen LogP contribution < -0.4 is 14.8 Å². The summed E-state index contributed by atoms with van der Waals surface area (Å²) in [6.07, 6.45) is -0.0775. The summed E-state index contributed by atoms with van der Waals surface area (Å²) in [4.78, 5) is 1.94. The summed E-state index contributed by atoms with van der Waals surface area (Å²) in [6.45, 7) is 3.09. The van der Waals surface area contributed by atoms with Gasteiger partial charge in [0.2, 0.25) is 0 Å². The Hall–Kier alpha value is -1.98. The molecule has 1 N–H and O–H groups in total. The van der Waals surface area contributed by atoms with E-state index in [0.29, 0.717) is 23.3 Å². The van der Waals surface area contributed by atoms with E-state index in [4.69, 9.17) is 33.3 Å². The van der Waals surface area contributed by atoms with Crippen molar-refractivity contribution in [3.63, 3.8) is 0 Å².